The number of benzene rings is 3. The summed E-state index contributed by atoms with van der Waals surface area (Å²) in [6.07, 6.45) is -0.0119. The van der Waals surface area contributed by atoms with Crippen LogP contribution in [0.4, 0.5) is 5.69 Å². The average molecular weight is 511 g/mol. The number of fused-ring (bicyclic) bond motifs is 1. The molecule has 0 fully saturated rings. The summed E-state index contributed by atoms with van der Waals surface area (Å²) in [6.45, 7) is 0.388. The van der Waals surface area contributed by atoms with Crippen LogP contribution >= 0.6 is 11.6 Å². The van der Waals surface area contributed by atoms with Crippen molar-refractivity contribution >= 4 is 29.1 Å². The maximum Gasteiger partial charge on any atom is 0.255 e. The zero-order valence-electron chi connectivity index (χ0n) is 20.5. The van der Waals surface area contributed by atoms with Crippen LogP contribution in [0.15, 0.2) is 54.6 Å². The Morgan fingerprint density at radius 1 is 0.917 bits per heavy atom. The number of nitrogens with one attached hydrogen (secondary N) is 1. The minimum atomic E-state index is -0.565. The molecule has 188 valence electrons. The van der Waals surface area contributed by atoms with E-state index >= 15 is 0 Å². The minimum Gasteiger partial charge on any atom is -0.495 e. The molecular weight excluding hydrogens is 484 g/mol. The second kappa shape index (κ2) is 10.8. The van der Waals surface area contributed by atoms with E-state index in [2.05, 4.69) is 5.32 Å². The number of methoxy groups -OCH3 is 4. The summed E-state index contributed by atoms with van der Waals surface area (Å²) in [6, 6.07) is 15.4. The quantitative estimate of drug-likeness (QED) is 0.431. The van der Waals surface area contributed by atoms with Crippen LogP contribution in [0.3, 0.4) is 0 Å². The number of nitrogens with zero attached hydrogens (tertiary/aromatic N) is 1. The van der Waals surface area contributed by atoms with Crippen LogP contribution in [-0.4, -0.2) is 45.2 Å². The Morgan fingerprint density at radius 2 is 1.61 bits per heavy atom. The van der Waals surface area contributed by atoms with Crippen LogP contribution < -0.4 is 24.3 Å². The Bertz CT molecular complexity index is 1300. The number of carbonyl (C=O) groups is 2. The molecule has 1 aliphatic heterocycles. The third-order valence-electron chi connectivity index (χ3n) is 6.14. The highest BCUT2D eigenvalue weighted by atomic mass is 35.5. The predicted molar refractivity (Wildman–Crippen MR) is 136 cm³/mol. The lowest BCUT2D eigenvalue weighted by molar-refractivity contribution is -0.117. The molecule has 1 N–H and O–H groups in total. The largest absolute Gasteiger partial charge is 0.495 e. The Labute approximate surface area is 214 Å². The van der Waals surface area contributed by atoms with Crippen molar-refractivity contribution in [2.75, 3.05) is 33.8 Å². The first-order valence-corrected chi connectivity index (χ1v) is 11.6. The lowest BCUT2D eigenvalue weighted by atomic mass is 10.0. The number of amides is 2. The van der Waals surface area contributed by atoms with E-state index in [9.17, 15) is 9.59 Å². The Hall–Kier alpha value is -3.91. The van der Waals surface area contributed by atoms with E-state index in [1.165, 1.54) is 14.2 Å². The van der Waals surface area contributed by atoms with Crippen molar-refractivity contribution < 1.29 is 28.5 Å². The molecule has 0 bridgehead atoms. The van der Waals surface area contributed by atoms with E-state index in [4.69, 9.17) is 30.5 Å². The van der Waals surface area contributed by atoms with Crippen molar-refractivity contribution in [1.82, 2.24) is 4.90 Å². The molecule has 1 heterocycles. The van der Waals surface area contributed by atoms with E-state index in [-0.39, 0.29) is 18.2 Å². The average Bonchev–Trinajstić information content (AvgIpc) is 3.23. The molecule has 0 unspecified atom stereocenters. The van der Waals surface area contributed by atoms with Gasteiger partial charge in [-0.15, -0.1) is 0 Å². The third kappa shape index (κ3) is 4.90. The Morgan fingerprint density at radius 3 is 2.28 bits per heavy atom. The molecule has 3 aromatic carbocycles. The van der Waals surface area contributed by atoms with Gasteiger partial charge in [-0.25, -0.2) is 0 Å². The van der Waals surface area contributed by atoms with Crippen LogP contribution in [0.2, 0.25) is 5.02 Å². The zero-order chi connectivity index (χ0) is 25.8. The summed E-state index contributed by atoms with van der Waals surface area (Å²) >= 11 is 6.27. The molecule has 0 radical (unpaired) electrons. The molecule has 0 saturated heterocycles. The number of ether oxygens (including phenoxy) is 4. The number of hydrogen-bond donors (Lipinski definition) is 1. The van der Waals surface area contributed by atoms with Gasteiger partial charge in [0, 0.05) is 18.2 Å². The van der Waals surface area contributed by atoms with Gasteiger partial charge >= 0.3 is 0 Å². The molecule has 0 saturated carbocycles. The van der Waals surface area contributed by atoms with Gasteiger partial charge < -0.3 is 29.2 Å². The monoisotopic (exact) mass is 510 g/mol. The molecule has 36 heavy (non-hydrogen) atoms. The van der Waals surface area contributed by atoms with Crippen LogP contribution in [-0.2, 0) is 11.3 Å². The van der Waals surface area contributed by atoms with Crippen LogP contribution in [0.1, 0.15) is 33.9 Å². The normalized spacial score (nSPS) is 13.1. The summed E-state index contributed by atoms with van der Waals surface area (Å²) in [7, 11) is 6.08. The fourth-order valence-corrected chi connectivity index (χ4v) is 4.57. The fraction of sp³-hybridized carbons (Fsp3) is 0.259. The van der Waals surface area contributed by atoms with E-state index in [0.717, 1.165) is 11.1 Å². The molecule has 0 spiro atoms. The van der Waals surface area contributed by atoms with Crippen LogP contribution in [0.5, 0.6) is 23.0 Å². The van der Waals surface area contributed by atoms with Crippen molar-refractivity contribution in [3.05, 3.63) is 76.3 Å². The zero-order valence-corrected chi connectivity index (χ0v) is 21.2. The third-order valence-corrected chi connectivity index (χ3v) is 6.44. The maximum absolute atomic E-state index is 13.3. The van der Waals surface area contributed by atoms with Gasteiger partial charge in [0.1, 0.15) is 11.5 Å². The highest BCUT2D eigenvalue weighted by Crippen LogP contribution is 2.39. The van der Waals surface area contributed by atoms with Gasteiger partial charge in [-0.3, -0.25) is 9.59 Å². The first kappa shape index (κ1) is 25.2. The minimum absolute atomic E-state index is 0.0119. The number of carbonyl (C=O) groups excluding carboxylic acids is 2. The fourth-order valence-electron chi connectivity index (χ4n) is 4.33. The first-order chi connectivity index (χ1) is 17.4. The van der Waals surface area contributed by atoms with Crippen molar-refractivity contribution in [2.24, 2.45) is 0 Å². The summed E-state index contributed by atoms with van der Waals surface area (Å²) < 4.78 is 21.5. The van der Waals surface area contributed by atoms with Gasteiger partial charge in [0.05, 0.1) is 51.6 Å². The van der Waals surface area contributed by atoms with Crippen molar-refractivity contribution in [1.29, 1.82) is 0 Å². The Kier molecular flexibility index (Phi) is 7.55. The van der Waals surface area contributed by atoms with E-state index in [0.29, 0.717) is 45.8 Å². The van der Waals surface area contributed by atoms with Gasteiger partial charge in [-0.1, -0.05) is 35.9 Å². The summed E-state index contributed by atoms with van der Waals surface area (Å²) in [5.74, 6) is 1.43. The number of hydrogen-bond acceptors (Lipinski definition) is 6. The Balaban J connectivity index is 1.67. The molecule has 3 aromatic rings. The van der Waals surface area contributed by atoms with Crippen molar-refractivity contribution in [2.45, 2.75) is 19.0 Å². The van der Waals surface area contributed by atoms with Gasteiger partial charge in [0.15, 0.2) is 11.5 Å². The highest BCUT2D eigenvalue weighted by Gasteiger charge is 2.35. The molecule has 1 atom stereocenters. The van der Waals surface area contributed by atoms with Gasteiger partial charge in [0.25, 0.3) is 5.91 Å². The first-order valence-electron chi connectivity index (χ1n) is 11.2. The van der Waals surface area contributed by atoms with Crippen molar-refractivity contribution in [3.8, 4) is 23.0 Å². The van der Waals surface area contributed by atoms with E-state index < -0.39 is 6.04 Å². The second-order valence-corrected chi connectivity index (χ2v) is 8.57. The number of rotatable bonds is 9. The lowest BCUT2D eigenvalue weighted by Crippen LogP contribution is -2.32. The lowest BCUT2D eigenvalue weighted by Gasteiger charge is -2.28. The topological polar surface area (TPSA) is 86.3 Å². The molecular formula is C27H27ClN2O6. The van der Waals surface area contributed by atoms with E-state index in [1.54, 1.807) is 49.5 Å². The van der Waals surface area contributed by atoms with Crippen molar-refractivity contribution in [3.63, 3.8) is 0 Å². The molecule has 8 nitrogen and oxygen atoms in total. The van der Waals surface area contributed by atoms with Crippen LogP contribution in [0, 0.1) is 0 Å². The van der Waals surface area contributed by atoms with E-state index in [1.807, 2.05) is 24.3 Å². The second-order valence-electron chi connectivity index (χ2n) is 8.16. The molecule has 2 amide bonds. The molecule has 0 aliphatic carbocycles. The van der Waals surface area contributed by atoms with Gasteiger partial charge in [0.2, 0.25) is 5.91 Å². The van der Waals surface area contributed by atoms with Gasteiger partial charge in [-0.2, -0.15) is 0 Å². The maximum atomic E-state index is 13.3. The summed E-state index contributed by atoms with van der Waals surface area (Å²) in [4.78, 5) is 28.3. The summed E-state index contributed by atoms with van der Waals surface area (Å²) in [5, 5.41) is 3.20. The summed E-state index contributed by atoms with van der Waals surface area (Å²) in [5.41, 5.74) is 2.68. The smallest absolute Gasteiger partial charge is 0.255 e. The highest BCUT2D eigenvalue weighted by molar-refractivity contribution is 6.32. The molecule has 1 aliphatic rings. The SMILES string of the molecule is COc1cc(OC)c(NC(=O)C[C@H](c2ccc(OC)c(OC)c2)N2Cc3ccccc3C2=O)cc1Cl. The molecule has 9 heteroatoms. The van der Waals surface area contributed by atoms with Crippen LogP contribution in [0.25, 0.3) is 0 Å². The number of halogens is 1. The van der Waals surface area contributed by atoms with Gasteiger partial charge in [-0.05, 0) is 35.4 Å². The standard InChI is InChI=1S/C27H27ClN2O6/c1-33-22-10-9-16(11-25(22)36-4)21(30-15-17-7-5-6-8-18(17)27(30)32)13-26(31)29-20-12-19(28)23(34-2)14-24(20)35-3/h5-12,14,21H,13,15H2,1-4H3,(H,29,31)/t21-/m1/s1. The predicted octanol–water partition coefficient (Wildman–Crippen LogP) is 5.10. The molecule has 4 rings (SSSR count). The molecule has 0 aromatic heterocycles. The number of anilines is 1.